The van der Waals surface area contributed by atoms with Crippen LogP contribution >= 0.6 is 0 Å². The highest BCUT2D eigenvalue weighted by Crippen LogP contribution is 2.31. The van der Waals surface area contributed by atoms with Gasteiger partial charge in [-0.05, 0) is 27.9 Å². The summed E-state index contributed by atoms with van der Waals surface area (Å²) in [5.41, 5.74) is 0. The van der Waals surface area contributed by atoms with E-state index in [1.165, 1.54) is 0 Å². The summed E-state index contributed by atoms with van der Waals surface area (Å²) >= 11 is 0. The molecule has 0 amide bonds. The molecule has 0 aromatic carbocycles. The van der Waals surface area contributed by atoms with Gasteiger partial charge in [-0.25, -0.2) is 0 Å². The first kappa shape index (κ1) is 24.0. The zero-order valence-electron chi connectivity index (χ0n) is 18.0. The van der Waals surface area contributed by atoms with Gasteiger partial charge in [-0.1, -0.05) is 0 Å². The van der Waals surface area contributed by atoms with Crippen LogP contribution in [0.1, 0.15) is 39.5 Å². The lowest BCUT2D eigenvalue weighted by atomic mass is 9.97. The molecule has 0 aliphatic carbocycles. The lowest BCUT2D eigenvalue weighted by Crippen LogP contribution is -2.57. The molecule has 0 bridgehead atoms. The van der Waals surface area contributed by atoms with Gasteiger partial charge in [-0.2, -0.15) is 0 Å². The lowest BCUT2D eigenvalue weighted by molar-refractivity contribution is -0.319. The second-order valence-corrected chi connectivity index (χ2v) is 8.58. The van der Waals surface area contributed by atoms with Gasteiger partial charge >= 0.3 is 0 Å². The maximum absolute atomic E-state index is 11.7. The van der Waals surface area contributed by atoms with Crippen molar-refractivity contribution in [3.8, 4) is 0 Å². The Bertz CT molecular complexity index is 564. The number of nitrogens with zero attached hydrogens (tertiary/aromatic N) is 1. The topological polar surface area (TPSA) is 127 Å². The quantitative estimate of drug-likeness (QED) is 0.498. The number of hydrogen-bond acceptors (Lipinski definition) is 10. The van der Waals surface area contributed by atoms with Gasteiger partial charge in [0, 0.05) is 31.7 Å². The van der Waals surface area contributed by atoms with Crippen molar-refractivity contribution in [1.82, 2.24) is 4.90 Å². The van der Waals surface area contributed by atoms with E-state index in [9.17, 15) is 20.1 Å². The maximum Gasteiger partial charge on any atom is 0.164 e. The molecule has 0 aromatic heterocycles. The minimum Gasteiger partial charge on any atom is -0.393 e. The molecular formula is C20H35NO9. The molecule has 10 atom stereocenters. The van der Waals surface area contributed by atoms with E-state index in [4.69, 9.17) is 23.7 Å². The molecule has 3 unspecified atom stereocenters. The van der Waals surface area contributed by atoms with E-state index in [0.717, 1.165) is 0 Å². The molecule has 3 fully saturated rings. The number of carbonyl (C=O) groups is 1. The van der Waals surface area contributed by atoms with Gasteiger partial charge in [-0.15, -0.1) is 0 Å². The Morgan fingerprint density at radius 2 is 1.67 bits per heavy atom. The third-order valence-corrected chi connectivity index (χ3v) is 6.05. The highest BCUT2D eigenvalue weighted by molar-refractivity contribution is 5.83. The van der Waals surface area contributed by atoms with Crippen LogP contribution in [0.15, 0.2) is 0 Å². The molecule has 10 nitrogen and oxygen atoms in total. The van der Waals surface area contributed by atoms with Crippen LogP contribution in [0, 0.1) is 0 Å². The average Bonchev–Trinajstić information content (AvgIpc) is 2.67. The molecule has 0 saturated carbocycles. The zero-order chi connectivity index (χ0) is 22.0. The van der Waals surface area contributed by atoms with Crippen LogP contribution in [0.5, 0.6) is 0 Å². The van der Waals surface area contributed by atoms with Crippen LogP contribution in [0.4, 0.5) is 0 Å². The maximum atomic E-state index is 11.7. The number of rotatable bonds is 6. The smallest absolute Gasteiger partial charge is 0.164 e. The minimum absolute atomic E-state index is 0.0580. The second kappa shape index (κ2) is 10.3. The van der Waals surface area contributed by atoms with Crippen LogP contribution in [0.3, 0.4) is 0 Å². The number of likely N-dealkylation sites (N-methyl/N-ethyl adjacent to an activating group) is 1. The van der Waals surface area contributed by atoms with Crippen molar-refractivity contribution in [2.24, 2.45) is 0 Å². The fraction of sp³-hybridized carbons (Fsp3) is 0.950. The van der Waals surface area contributed by atoms with Gasteiger partial charge in [0.05, 0.1) is 24.9 Å². The number of carbonyl (C=O) groups excluding carboxylic acids is 1. The molecule has 3 aliphatic rings. The fourth-order valence-electron chi connectivity index (χ4n) is 4.39. The first-order valence-corrected chi connectivity index (χ1v) is 10.6. The highest BCUT2D eigenvalue weighted by atomic mass is 16.7. The number of hydrogen-bond donors (Lipinski definition) is 3. The number of ketones is 1. The van der Waals surface area contributed by atoms with E-state index in [2.05, 4.69) is 0 Å². The molecule has 3 aliphatic heterocycles. The summed E-state index contributed by atoms with van der Waals surface area (Å²) in [4.78, 5) is 13.7. The summed E-state index contributed by atoms with van der Waals surface area (Å²) in [6.07, 6.45) is -4.45. The lowest BCUT2D eigenvalue weighted by Gasteiger charge is -2.45. The summed E-state index contributed by atoms with van der Waals surface area (Å²) in [6.45, 7) is 3.24. The van der Waals surface area contributed by atoms with Gasteiger partial charge in [-0.3, -0.25) is 4.79 Å². The molecule has 30 heavy (non-hydrogen) atoms. The van der Waals surface area contributed by atoms with Crippen LogP contribution in [0.2, 0.25) is 0 Å². The molecular weight excluding hydrogens is 398 g/mol. The Balaban J connectivity index is 1.57. The first-order valence-electron chi connectivity index (χ1n) is 10.6. The van der Waals surface area contributed by atoms with E-state index in [0.29, 0.717) is 12.8 Å². The number of aliphatic hydroxyl groups excluding tert-OH is 3. The third kappa shape index (κ3) is 5.56. The molecule has 3 heterocycles. The van der Waals surface area contributed by atoms with E-state index >= 15 is 0 Å². The average molecular weight is 433 g/mol. The Kier molecular flexibility index (Phi) is 8.21. The monoisotopic (exact) mass is 433 g/mol. The molecule has 0 radical (unpaired) electrons. The van der Waals surface area contributed by atoms with E-state index in [1.807, 2.05) is 25.9 Å². The fourth-order valence-corrected chi connectivity index (χ4v) is 4.39. The molecule has 3 rings (SSSR count). The normalized spacial score (nSPS) is 45.7. The van der Waals surface area contributed by atoms with E-state index < -0.39 is 49.9 Å². The largest absolute Gasteiger partial charge is 0.393 e. The molecule has 3 saturated heterocycles. The van der Waals surface area contributed by atoms with Crippen LogP contribution < -0.4 is 0 Å². The van der Waals surface area contributed by atoms with Gasteiger partial charge in [0.15, 0.2) is 24.7 Å². The summed E-state index contributed by atoms with van der Waals surface area (Å²) in [6, 6.07) is -0.0580. The van der Waals surface area contributed by atoms with Crippen molar-refractivity contribution < 1.29 is 43.8 Å². The van der Waals surface area contributed by atoms with Gasteiger partial charge in [0.2, 0.25) is 0 Å². The zero-order valence-corrected chi connectivity index (χ0v) is 18.0. The summed E-state index contributed by atoms with van der Waals surface area (Å²) in [5.74, 6) is -0.149. The van der Waals surface area contributed by atoms with Gasteiger partial charge < -0.3 is 43.9 Å². The van der Waals surface area contributed by atoms with Crippen molar-refractivity contribution in [1.29, 1.82) is 0 Å². The van der Waals surface area contributed by atoms with Crippen molar-refractivity contribution in [2.45, 2.75) is 101 Å². The highest BCUT2D eigenvalue weighted by Gasteiger charge is 2.44. The van der Waals surface area contributed by atoms with Gasteiger partial charge in [0.25, 0.3) is 0 Å². The van der Waals surface area contributed by atoms with E-state index in [1.54, 1.807) is 6.92 Å². The Morgan fingerprint density at radius 3 is 2.30 bits per heavy atom. The Morgan fingerprint density at radius 1 is 1.00 bits per heavy atom. The molecule has 174 valence electrons. The summed E-state index contributed by atoms with van der Waals surface area (Å²) in [5, 5.41) is 29.9. The van der Waals surface area contributed by atoms with Crippen LogP contribution in [-0.2, 0) is 28.5 Å². The number of ether oxygens (including phenoxy) is 5. The standard InChI is InChI=1S/C20H35NO9/c1-10-19(12(21(3)4)7-16(25)26-10)30-18-8-14(24)20(11(2)27-18)29-17-6-5-13(23)15(9-22)28-17/h10-12,14-20,22,24-25H,5-9H2,1-4H3/t10-,11-,12-,14-,15?,16?,17?,18+,19+,20+/m0/s1. The third-order valence-electron chi connectivity index (χ3n) is 6.05. The molecule has 10 heteroatoms. The molecule has 0 aromatic rings. The van der Waals surface area contributed by atoms with E-state index in [-0.39, 0.29) is 36.9 Å². The number of Topliss-reactive ketones (excluding diaryl/α,β-unsaturated/α-hetero) is 1. The van der Waals surface area contributed by atoms with Crippen LogP contribution in [0.25, 0.3) is 0 Å². The predicted octanol–water partition coefficient (Wildman–Crippen LogP) is -0.623. The molecule has 0 spiro atoms. The first-order chi connectivity index (χ1) is 14.2. The Labute approximate surface area is 177 Å². The van der Waals surface area contributed by atoms with Crippen molar-refractivity contribution in [3.63, 3.8) is 0 Å². The number of aliphatic hydroxyl groups is 3. The predicted molar refractivity (Wildman–Crippen MR) is 103 cm³/mol. The summed E-state index contributed by atoms with van der Waals surface area (Å²) in [7, 11) is 3.84. The molecule has 3 N–H and O–H groups in total. The Hall–Kier alpha value is -0.690. The van der Waals surface area contributed by atoms with Crippen molar-refractivity contribution in [2.75, 3.05) is 20.7 Å². The minimum atomic E-state index is -0.886. The van der Waals surface area contributed by atoms with Gasteiger partial charge in [0.1, 0.15) is 18.3 Å². The SMILES string of the molecule is C[C@@H]1O[C@H](O[C@@H]2[C@H](C)OC(O)C[C@@H]2N(C)C)C[C@H](O)[C@@H]1OC1CCC(=O)C(CO)O1. The van der Waals surface area contributed by atoms with Crippen molar-refractivity contribution >= 4 is 5.78 Å². The van der Waals surface area contributed by atoms with Crippen molar-refractivity contribution in [3.05, 3.63) is 0 Å². The summed E-state index contributed by atoms with van der Waals surface area (Å²) < 4.78 is 29.1. The van der Waals surface area contributed by atoms with Crippen LogP contribution in [-0.4, -0.2) is 108 Å². The second-order valence-electron chi connectivity index (χ2n) is 8.58.